The Morgan fingerprint density at radius 2 is 1.85 bits per heavy atom. The first-order valence-corrected chi connectivity index (χ1v) is 6.99. The summed E-state index contributed by atoms with van der Waals surface area (Å²) in [5, 5.41) is 2.93. The van der Waals surface area contributed by atoms with Crippen LogP contribution in [0.2, 0.25) is 0 Å². The van der Waals surface area contributed by atoms with Gasteiger partial charge in [-0.2, -0.15) is 0 Å². The first-order valence-electron chi connectivity index (χ1n) is 6.11. The van der Waals surface area contributed by atoms with Gasteiger partial charge in [0.25, 0.3) is 0 Å². The molecule has 0 spiro atoms. The predicted molar refractivity (Wildman–Crippen MR) is 79.0 cm³/mol. The highest BCUT2D eigenvalue weighted by molar-refractivity contribution is 7.10. The maximum absolute atomic E-state index is 12.8. The molecule has 1 aromatic carbocycles. The summed E-state index contributed by atoms with van der Waals surface area (Å²) in [7, 11) is 0. The van der Waals surface area contributed by atoms with Crippen LogP contribution in [0.15, 0.2) is 48.0 Å². The van der Waals surface area contributed by atoms with E-state index >= 15 is 0 Å². The van der Waals surface area contributed by atoms with Gasteiger partial charge in [0, 0.05) is 17.5 Å². The number of nitrogens with zero attached hydrogens (tertiary/aromatic N) is 2. The molecule has 0 bridgehead atoms. The van der Waals surface area contributed by atoms with Gasteiger partial charge in [0.1, 0.15) is 5.82 Å². The number of pyridine rings is 1. The summed E-state index contributed by atoms with van der Waals surface area (Å²) in [6.45, 7) is 0. The molecule has 2 N–H and O–H groups in total. The predicted octanol–water partition coefficient (Wildman–Crippen LogP) is 3.52. The molecule has 20 heavy (non-hydrogen) atoms. The van der Waals surface area contributed by atoms with Crippen molar-refractivity contribution in [1.82, 2.24) is 9.97 Å². The summed E-state index contributed by atoms with van der Waals surface area (Å²) in [5.74, 6) is -0.342. The van der Waals surface area contributed by atoms with Gasteiger partial charge in [-0.25, -0.2) is 9.37 Å². The minimum absolute atomic E-state index is 0.342. The van der Waals surface area contributed by atoms with Gasteiger partial charge in [-0.3, -0.25) is 4.98 Å². The third-order valence-electron chi connectivity index (χ3n) is 2.88. The number of thiazole rings is 1. The Kier molecular flexibility index (Phi) is 3.43. The van der Waals surface area contributed by atoms with Gasteiger partial charge >= 0.3 is 0 Å². The summed E-state index contributed by atoms with van der Waals surface area (Å²) < 4.78 is 12.8. The molecule has 0 radical (unpaired) electrons. The lowest BCUT2D eigenvalue weighted by Crippen LogP contribution is -1.90. The summed E-state index contributed by atoms with van der Waals surface area (Å²) in [6, 6.07) is 10.8. The number of halogens is 1. The normalized spacial score (nSPS) is 10.7. The Hall–Kier alpha value is -2.27. The summed E-state index contributed by atoms with van der Waals surface area (Å²) in [4.78, 5) is 8.56. The van der Waals surface area contributed by atoms with E-state index < -0.39 is 0 Å². The van der Waals surface area contributed by atoms with Crippen molar-refractivity contribution in [2.24, 2.45) is 0 Å². The number of anilines is 1. The molecular formula is C15H12FN3S. The van der Waals surface area contributed by atoms with E-state index in [1.165, 1.54) is 12.3 Å². The Morgan fingerprint density at radius 3 is 2.55 bits per heavy atom. The summed E-state index contributed by atoms with van der Waals surface area (Å²) >= 11 is 1.57. The van der Waals surface area contributed by atoms with Crippen molar-refractivity contribution in [3.63, 3.8) is 0 Å². The molecule has 0 aliphatic carbocycles. The molecule has 0 aliphatic rings. The van der Waals surface area contributed by atoms with Crippen molar-refractivity contribution >= 4 is 17.0 Å². The maximum Gasteiger partial charge on any atom is 0.141 e. The van der Waals surface area contributed by atoms with Crippen molar-refractivity contribution in [3.05, 3.63) is 64.4 Å². The second kappa shape index (κ2) is 5.38. The van der Waals surface area contributed by atoms with Gasteiger partial charge in [-0.15, -0.1) is 11.3 Å². The van der Waals surface area contributed by atoms with Crippen LogP contribution in [-0.4, -0.2) is 9.97 Å². The van der Waals surface area contributed by atoms with E-state index in [1.54, 1.807) is 17.4 Å². The Morgan fingerprint density at radius 1 is 1.05 bits per heavy atom. The fraction of sp³-hybridized carbons (Fsp3) is 0.0667. The van der Waals surface area contributed by atoms with E-state index in [2.05, 4.69) is 9.97 Å². The monoisotopic (exact) mass is 285 g/mol. The average molecular weight is 285 g/mol. The van der Waals surface area contributed by atoms with Crippen LogP contribution < -0.4 is 5.73 Å². The molecule has 0 saturated carbocycles. The minimum atomic E-state index is -0.342. The maximum atomic E-state index is 12.8. The Bertz CT molecular complexity index is 705. The highest BCUT2D eigenvalue weighted by Gasteiger charge is 2.06. The zero-order valence-electron chi connectivity index (χ0n) is 10.6. The average Bonchev–Trinajstić information content (AvgIpc) is 2.91. The van der Waals surface area contributed by atoms with Crippen LogP contribution in [0.4, 0.5) is 10.1 Å². The van der Waals surface area contributed by atoms with E-state index in [1.807, 2.05) is 29.6 Å². The Labute approximate surface area is 119 Å². The number of aromatic nitrogens is 2. The molecule has 0 fully saturated rings. The quantitative estimate of drug-likeness (QED) is 0.749. The van der Waals surface area contributed by atoms with Gasteiger partial charge in [-0.05, 0) is 29.8 Å². The molecule has 0 atom stereocenters. The van der Waals surface area contributed by atoms with Crippen LogP contribution in [0.25, 0.3) is 11.4 Å². The number of nitrogens with two attached hydrogens (primary N) is 1. The van der Waals surface area contributed by atoms with Crippen molar-refractivity contribution in [3.8, 4) is 11.4 Å². The second-order valence-corrected chi connectivity index (χ2v) is 5.35. The molecule has 3 nitrogen and oxygen atoms in total. The topological polar surface area (TPSA) is 51.8 Å². The van der Waals surface area contributed by atoms with Crippen LogP contribution >= 0.6 is 11.3 Å². The van der Waals surface area contributed by atoms with E-state index in [4.69, 9.17) is 5.73 Å². The molecule has 0 saturated heterocycles. The standard InChI is InChI=1S/C15H12FN3S/c16-11-3-6-13(18-8-11)14-9-20-15(19-14)7-10-1-4-12(17)5-2-10/h1-6,8-9H,7,17H2. The fourth-order valence-electron chi connectivity index (χ4n) is 1.85. The second-order valence-electron chi connectivity index (χ2n) is 4.41. The lowest BCUT2D eigenvalue weighted by atomic mass is 10.1. The van der Waals surface area contributed by atoms with Crippen LogP contribution in [-0.2, 0) is 6.42 Å². The molecule has 3 aromatic rings. The zero-order chi connectivity index (χ0) is 13.9. The molecular weight excluding hydrogens is 273 g/mol. The van der Waals surface area contributed by atoms with Gasteiger partial charge in [0.15, 0.2) is 0 Å². The molecule has 0 unspecified atom stereocenters. The molecule has 5 heteroatoms. The Balaban J connectivity index is 1.80. The lowest BCUT2D eigenvalue weighted by Gasteiger charge is -1.99. The molecule has 100 valence electrons. The van der Waals surface area contributed by atoms with E-state index in [-0.39, 0.29) is 5.82 Å². The third kappa shape index (κ3) is 2.83. The largest absolute Gasteiger partial charge is 0.399 e. The molecule has 0 aliphatic heterocycles. The zero-order valence-corrected chi connectivity index (χ0v) is 11.4. The molecule has 3 rings (SSSR count). The van der Waals surface area contributed by atoms with Gasteiger partial charge in [0.2, 0.25) is 0 Å². The van der Waals surface area contributed by atoms with Crippen LogP contribution in [0.1, 0.15) is 10.6 Å². The van der Waals surface area contributed by atoms with Gasteiger partial charge < -0.3 is 5.73 Å². The lowest BCUT2D eigenvalue weighted by molar-refractivity contribution is 0.622. The highest BCUT2D eigenvalue weighted by Crippen LogP contribution is 2.22. The van der Waals surface area contributed by atoms with E-state index in [9.17, 15) is 4.39 Å². The number of rotatable bonds is 3. The number of benzene rings is 1. The first kappa shape index (κ1) is 12.7. The van der Waals surface area contributed by atoms with E-state index in [0.29, 0.717) is 5.69 Å². The van der Waals surface area contributed by atoms with Crippen molar-refractivity contribution in [2.45, 2.75) is 6.42 Å². The number of nitrogen functional groups attached to an aromatic ring is 1. The smallest absolute Gasteiger partial charge is 0.141 e. The van der Waals surface area contributed by atoms with Crippen molar-refractivity contribution in [1.29, 1.82) is 0 Å². The van der Waals surface area contributed by atoms with Gasteiger partial charge in [0.05, 0.1) is 22.6 Å². The third-order valence-corrected chi connectivity index (χ3v) is 3.73. The van der Waals surface area contributed by atoms with Crippen molar-refractivity contribution in [2.75, 3.05) is 5.73 Å². The van der Waals surface area contributed by atoms with E-state index in [0.717, 1.165) is 28.4 Å². The SMILES string of the molecule is Nc1ccc(Cc2nc(-c3ccc(F)cn3)cs2)cc1. The fourth-order valence-corrected chi connectivity index (χ4v) is 2.67. The van der Waals surface area contributed by atoms with Gasteiger partial charge in [-0.1, -0.05) is 12.1 Å². The molecule has 0 amide bonds. The molecule has 2 aromatic heterocycles. The van der Waals surface area contributed by atoms with Crippen LogP contribution in [0.3, 0.4) is 0 Å². The molecule has 2 heterocycles. The minimum Gasteiger partial charge on any atom is -0.399 e. The summed E-state index contributed by atoms with van der Waals surface area (Å²) in [6.07, 6.45) is 1.96. The number of hydrogen-bond donors (Lipinski definition) is 1. The highest BCUT2D eigenvalue weighted by atomic mass is 32.1. The van der Waals surface area contributed by atoms with Crippen molar-refractivity contribution < 1.29 is 4.39 Å². The first-order chi connectivity index (χ1) is 9.70. The summed E-state index contributed by atoms with van der Waals surface area (Å²) in [5.41, 5.74) is 9.04. The van der Waals surface area contributed by atoms with Crippen LogP contribution in [0.5, 0.6) is 0 Å². The number of hydrogen-bond acceptors (Lipinski definition) is 4. The van der Waals surface area contributed by atoms with Crippen LogP contribution in [0, 0.1) is 5.82 Å².